The number of anilines is 1. The summed E-state index contributed by atoms with van der Waals surface area (Å²) in [4.78, 5) is 18.1. The summed E-state index contributed by atoms with van der Waals surface area (Å²) in [6, 6.07) is 8.36. The second-order valence-corrected chi connectivity index (χ2v) is 6.56. The minimum absolute atomic E-state index is 0.184. The molecule has 0 aliphatic carbocycles. The van der Waals surface area contributed by atoms with Gasteiger partial charge in [0.25, 0.3) is 0 Å². The molecule has 6 nitrogen and oxygen atoms in total. The smallest absolute Gasteiger partial charge is 0.311 e. The quantitative estimate of drug-likeness (QED) is 0.391. The monoisotopic (exact) mass is 374 g/mol. The lowest BCUT2D eigenvalue weighted by atomic mass is 10.1. The minimum atomic E-state index is -0.266. The highest BCUT2D eigenvalue weighted by Crippen LogP contribution is 2.16. The van der Waals surface area contributed by atoms with Gasteiger partial charge < -0.3 is 4.74 Å². The van der Waals surface area contributed by atoms with Crippen molar-refractivity contribution in [3.8, 4) is 0 Å². The van der Waals surface area contributed by atoms with Crippen LogP contribution in [-0.4, -0.2) is 41.8 Å². The predicted molar refractivity (Wildman–Crippen MR) is 107 cm³/mol. The van der Waals surface area contributed by atoms with Crippen molar-refractivity contribution in [2.75, 3.05) is 25.1 Å². The van der Waals surface area contributed by atoms with Crippen molar-refractivity contribution in [1.29, 1.82) is 0 Å². The van der Waals surface area contributed by atoms with Crippen LogP contribution in [0.4, 0.5) is 5.13 Å². The van der Waals surface area contributed by atoms with E-state index in [-0.39, 0.29) is 12.4 Å². The second-order valence-electron chi connectivity index (χ2n) is 5.70. The van der Waals surface area contributed by atoms with E-state index in [9.17, 15) is 4.79 Å². The van der Waals surface area contributed by atoms with Crippen molar-refractivity contribution in [3.63, 3.8) is 0 Å². The van der Waals surface area contributed by atoms with Crippen LogP contribution in [0, 0.1) is 0 Å². The summed E-state index contributed by atoms with van der Waals surface area (Å²) in [6.45, 7) is 9.58. The van der Waals surface area contributed by atoms with Crippen LogP contribution in [0.15, 0.2) is 34.7 Å². The number of rotatable bonds is 10. The van der Waals surface area contributed by atoms with Crippen molar-refractivity contribution < 1.29 is 9.53 Å². The Labute approximate surface area is 158 Å². The molecule has 1 heterocycles. The maximum Gasteiger partial charge on any atom is 0.311 e. The van der Waals surface area contributed by atoms with Gasteiger partial charge in [-0.2, -0.15) is 5.10 Å². The Morgan fingerprint density at radius 3 is 2.65 bits per heavy atom. The van der Waals surface area contributed by atoms with Crippen molar-refractivity contribution in [3.05, 3.63) is 46.5 Å². The Morgan fingerprint density at radius 1 is 1.27 bits per heavy atom. The Morgan fingerprint density at radius 2 is 2.00 bits per heavy atom. The first kappa shape index (κ1) is 20.1. The van der Waals surface area contributed by atoms with Crippen LogP contribution in [0.25, 0.3) is 0 Å². The van der Waals surface area contributed by atoms with Gasteiger partial charge in [-0.15, -0.1) is 11.3 Å². The van der Waals surface area contributed by atoms with Gasteiger partial charge in [0.15, 0.2) is 0 Å². The summed E-state index contributed by atoms with van der Waals surface area (Å²) in [7, 11) is 0. The zero-order chi connectivity index (χ0) is 18.8. The molecule has 0 aliphatic rings. The molecule has 2 rings (SSSR count). The Kier molecular flexibility index (Phi) is 8.24. The molecule has 7 heteroatoms. The summed E-state index contributed by atoms with van der Waals surface area (Å²) in [5.41, 5.74) is 5.90. The molecule has 0 spiro atoms. The molecule has 0 atom stereocenters. The number of nitrogens with one attached hydrogen (secondary N) is 1. The van der Waals surface area contributed by atoms with Crippen molar-refractivity contribution in [2.45, 2.75) is 33.7 Å². The molecule has 0 radical (unpaired) electrons. The second kappa shape index (κ2) is 10.7. The van der Waals surface area contributed by atoms with Crippen LogP contribution >= 0.6 is 11.3 Å². The number of ether oxygens (including phenoxy) is 1. The molecule has 0 saturated heterocycles. The Balaban J connectivity index is 1.84. The topological polar surface area (TPSA) is 66.8 Å². The number of nitrogens with zero attached hydrogens (tertiary/aromatic N) is 3. The number of esters is 1. The van der Waals surface area contributed by atoms with Crippen LogP contribution in [0.2, 0.25) is 0 Å². The Hall–Kier alpha value is -2.25. The number of carbonyl (C=O) groups is 1. The minimum Gasteiger partial charge on any atom is -0.466 e. The van der Waals surface area contributed by atoms with Crippen molar-refractivity contribution in [1.82, 2.24) is 9.88 Å². The fourth-order valence-electron chi connectivity index (χ4n) is 2.38. The third kappa shape index (κ3) is 6.57. The zero-order valence-corrected chi connectivity index (χ0v) is 16.4. The van der Waals surface area contributed by atoms with Gasteiger partial charge in [0.2, 0.25) is 5.13 Å². The predicted octanol–water partition coefficient (Wildman–Crippen LogP) is 3.54. The average Bonchev–Trinajstić information content (AvgIpc) is 3.08. The molecule has 2 aromatic rings. The highest BCUT2D eigenvalue weighted by Gasteiger charge is 2.07. The molecule has 0 amide bonds. The van der Waals surface area contributed by atoms with Gasteiger partial charge in [-0.25, -0.2) is 4.98 Å². The third-order valence-corrected chi connectivity index (χ3v) is 4.63. The van der Waals surface area contributed by atoms with Crippen molar-refractivity contribution >= 4 is 28.7 Å². The number of benzene rings is 1. The summed E-state index contributed by atoms with van der Waals surface area (Å²) in [5, 5.41) is 6.69. The molecule has 26 heavy (non-hydrogen) atoms. The van der Waals surface area contributed by atoms with E-state index in [1.165, 1.54) is 16.9 Å². The van der Waals surface area contributed by atoms with E-state index in [4.69, 9.17) is 4.74 Å². The van der Waals surface area contributed by atoms with Crippen LogP contribution in [0.3, 0.4) is 0 Å². The molecular formula is C19H26N4O2S. The largest absolute Gasteiger partial charge is 0.466 e. The maximum atomic E-state index is 11.4. The Bertz CT molecular complexity index is 709. The number of thiazole rings is 1. The van der Waals surface area contributed by atoms with Gasteiger partial charge in [0.1, 0.15) is 0 Å². The van der Waals surface area contributed by atoms with E-state index in [0.29, 0.717) is 17.4 Å². The molecule has 0 bridgehead atoms. The average molecular weight is 375 g/mol. The van der Waals surface area contributed by atoms with Gasteiger partial charge in [-0.1, -0.05) is 38.1 Å². The highest BCUT2D eigenvalue weighted by molar-refractivity contribution is 7.13. The van der Waals surface area contributed by atoms with E-state index in [2.05, 4.69) is 58.5 Å². The van der Waals surface area contributed by atoms with E-state index >= 15 is 0 Å². The first-order valence-corrected chi connectivity index (χ1v) is 9.72. The maximum absolute atomic E-state index is 11.4. The van der Waals surface area contributed by atoms with Gasteiger partial charge in [0, 0.05) is 11.9 Å². The van der Waals surface area contributed by atoms with E-state index in [1.54, 1.807) is 13.1 Å². The lowest BCUT2D eigenvalue weighted by Crippen LogP contribution is -2.21. The van der Waals surface area contributed by atoms with Gasteiger partial charge in [-0.3, -0.25) is 15.1 Å². The molecule has 0 fully saturated rings. The molecule has 0 aliphatic heterocycles. The van der Waals surface area contributed by atoms with Crippen LogP contribution in [0.1, 0.15) is 37.6 Å². The lowest BCUT2D eigenvalue weighted by molar-refractivity contribution is -0.142. The number of hydrogen-bond acceptors (Lipinski definition) is 7. The summed E-state index contributed by atoms with van der Waals surface area (Å²) in [6.07, 6.45) is 1.94. The zero-order valence-electron chi connectivity index (χ0n) is 15.6. The normalized spacial score (nSPS) is 11.2. The van der Waals surface area contributed by atoms with E-state index < -0.39 is 0 Å². The third-order valence-electron chi connectivity index (χ3n) is 3.84. The lowest BCUT2D eigenvalue weighted by Gasteiger charge is -2.17. The van der Waals surface area contributed by atoms with E-state index in [1.807, 2.05) is 5.38 Å². The SMILES string of the molecule is CCOC(=O)Cc1csc(NN=Cc2ccc(CN(CC)CC)cc2)n1. The standard InChI is InChI=1S/C19H26N4O2S/c1-4-23(5-2)13-16-9-7-15(8-10-16)12-20-22-19-21-17(14-26-19)11-18(24)25-6-3/h7-10,12,14H,4-6,11,13H2,1-3H3,(H,21,22). The molecule has 1 N–H and O–H groups in total. The molecular weight excluding hydrogens is 348 g/mol. The summed E-state index contributed by atoms with van der Waals surface area (Å²) >= 11 is 1.41. The first-order chi connectivity index (χ1) is 12.6. The molecule has 1 aromatic heterocycles. The fourth-order valence-corrected chi connectivity index (χ4v) is 3.04. The molecule has 1 aromatic carbocycles. The number of hydrazone groups is 1. The summed E-state index contributed by atoms with van der Waals surface area (Å²) < 4.78 is 4.91. The highest BCUT2D eigenvalue weighted by atomic mass is 32.1. The molecule has 0 saturated carbocycles. The molecule has 140 valence electrons. The van der Waals surface area contributed by atoms with Gasteiger partial charge in [-0.05, 0) is 31.1 Å². The number of aromatic nitrogens is 1. The fraction of sp³-hybridized carbons (Fsp3) is 0.421. The van der Waals surface area contributed by atoms with E-state index in [0.717, 1.165) is 25.2 Å². The van der Waals surface area contributed by atoms with Crippen LogP contribution < -0.4 is 5.43 Å². The first-order valence-electron chi connectivity index (χ1n) is 8.85. The van der Waals surface area contributed by atoms with Gasteiger partial charge in [0.05, 0.1) is 24.9 Å². The number of carbonyl (C=O) groups excluding carboxylic acids is 1. The van der Waals surface area contributed by atoms with Crippen LogP contribution in [0.5, 0.6) is 0 Å². The number of hydrogen-bond donors (Lipinski definition) is 1. The molecule has 0 unspecified atom stereocenters. The van der Waals surface area contributed by atoms with Crippen LogP contribution in [-0.2, 0) is 22.5 Å². The summed E-state index contributed by atoms with van der Waals surface area (Å²) in [5.74, 6) is -0.266. The van der Waals surface area contributed by atoms with Gasteiger partial charge >= 0.3 is 5.97 Å². The van der Waals surface area contributed by atoms with Crippen molar-refractivity contribution in [2.24, 2.45) is 5.10 Å².